The van der Waals surface area contributed by atoms with Gasteiger partial charge in [0.2, 0.25) is 11.9 Å². The largest absolute Gasteiger partial charge is 0.378 e. The van der Waals surface area contributed by atoms with E-state index in [-0.39, 0.29) is 5.95 Å². The second kappa shape index (κ2) is 13.0. The number of morpholine rings is 1. The zero-order chi connectivity index (χ0) is 28.9. The van der Waals surface area contributed by atoms with Crippen molar-refractivity contribution in [1.82, 2.24) is 35.3 Å². The molecule has 4 N–H and O–H groups in total. The first-order chi connectivity index (χ1) is 20.5. The predicted molar refractivity (Wildman–Crippen MR) is 167 cm³/mol. The Morgan fingerprint density at radius 1 is 0.952 bits per heavy atom. The Kier molecular flexibility index (Phi) is 8.79. The highest BCUT2D eigenvalue weighted by molar-refractivity contribution is 5.72. The maximum absolute atomic E-state index is 5.75. The molecule has 2 aromatic heterocycles. The van der Waals surface area contributed by atoms with E-state index in [2.05, 4.69) is 78.9 Å². The van der Waals surface area contributed by atoms with E-state index in [1.807, 2.05) is 5.01 Å². The van der Waals surface area contributed by atoms with Gasteiger partial charge in [-0.3, -0.25) is 5.01 Å². The lowest BCUT2D eigenvalue weighted by molar-refractivity contribution is 0.122. The van der Waals surface area contributed by atoms with E-state index < -0.39 is 0 Å². The van der Waals surface area contributed by atoms with Crippen molar-refractivity contribution in [3.63, 3.8) is 0 Å². The van der Waals surface area contributed by atoms with Crippen molar-refractivity contribution in [2.75, 3.05) is 112 Å². The summed E-state index contributed by atoms with van der Waals surface area (Å²) in [6, 6.07) is 8.53. The normalized spacial score (nSPS) is 17.9. The van der Waals surface area contributed by atoms with Gasteiger partial charge in [-0.1, -0.05) is 0 Å². The van der Waals surface area contributed by atoms with Gasteiger partial charge in [0, 0.05) is 88.6 Å². The minimum Gasteiger partial charge on any atom is -0.378 e. The summed E-state index contributed by atoms with van der Waals surface area (Å²) in [7, 11) is 4.37. The topological polar surface area (TPSA) is 127 Å². The lowest BCUT2D eigenvalue weighted by atomic mass is 10.1. The number of ether oxygens (including phenoxy) is 1. The van der Waals surface area contributed by atoms with Crippen LogP contribution in [0, 0.1) is 0 Å². The monoisotopic (exact) mass is 574 g/mol. The first kappa shape index (κ1) is 28.3. The van der Waals surface area contributed by atoms with Gasteiger partial charge >= 0.3 is 0 Å². The molecule has 2 fully saturated rings. The molecule has 3 aromatic rings. The molecule has 224 valence electrons. The maximum Gasteiger partial charge on any atom is 0.228 e. The number of hydrogen-bond donors (Lipinski definition) is 3. The number of anilines is 5. The molecule has 0 amide bonds. The van der Waals surface area contributed by atoms with E-state index in [9.17, 15) is 0 Å². The number of nitrogens with zero attached hydrogens (tertiary/aromatic N) is 9. The molecule has 13 nitrogen and oxygen atoms in total. The molecule has 3 aliphatic rings. The summed E-state index contributed by atoms with van der Waals surface area (Å²) in [5, 5.41) is 2.04. The van der Waals surface area contributed by atoms with Gasteiger partial charge in [0.1, 0.15) is 0 Å². The molecule has 0 saturated carbocycles. The number of rotatable bonds is 10. The zero-order valence-corrected chi connectivity index (χ0v) is 24.7. The molecular weight excluding hydrogens is 532 g/mol. The van der Waals surface area contributed by atoms with Crippen LogP contribution in [0.15, 0.2) is 36.7 Å². The summed E-state index contributed by atoms with van der Waals surface area (Å²) >= 11 is 0. The Morgan fingerprint density at radius 3 is 2.43 bits per heavy atom. The number of nitrogens with two attached hydrogens (primary N) is 1. The number of nitrogen functional groups attached to an aromatic ring is 1. The SMILES string of the molecule is CN1CCN(CCCN(C)c2ccc(NNN3CCc4c(-c5cnc(N)nc5)nc(N5CCOCC5)nc43)cc2)CC1. The van der Waals surface area contributed by atoms with E-state index in [0.717, 1.165) is 73.9 Å². The first-order valence-electron chi connectivity index (χ1n) is 14.9. The molecule has 1 aromatic carbocycles. The summed E-state index contributed by atoms with van der Waals surface area (Å²) in [5.74, 6) is 1.77. The third-order valence-corrected chi connectivity index (χ3v) is 8.26. The number of piperazine rings is 1. The molecule has 5 heterocycles. The van der Waals surface area contributed by atoms with Crippen molar-refractivity contribution in [3.8, 4) is 11.3 Å². The van der Waals surface area contributed by atoms with Gasteiger partial charge in [-0.05, 0) is 50.7 Å². The Hall–Kier alpha value is -3.78. The Morgan fingerprint density at radius 2 is 1.69 bits per heavy atom. The standard InChI is InChI=1S/C29H42N12O/c1-37-12-14-39(15-13-37)10-3-9-38(2)24-6-4-23(5-7-24)35-36-41-11-8-25-26(22-20-31-28(30)32-21-22)33-29(34-27(25)41)40-16-18-42-19-17-40/h4-7,20-21,35-36H,3,8-19H2,1-2H3,(H2,30,31,32). The van der Waals surface area contributed by atoms with Crippen molar-refractivity contribution in [3.05, 3.63) is 42.2 Å². The third-order valence-electron chi connectivity index (χ3n) is 8.26. The predicted octanol–water partition coefficient (Wildman–Crippen LogP) is 1.32. The van der Waals surface area contributed by atoms with Crippen molar-refractivity contribution in [2.45, 2.75) is 12.8 Å². The number of hydrogen-bond acceptors (Lipinski definition) is 13. The number of aromatic nitrogens is 4. The second-order valence-electron chi connectivity index (χ2n) is 11.2. The fourth-order valence-corrected chi connectivity index (χ4v) is 5.62. The summed E-state index contributed by atoms with van der Waals surface area (Å²) in [5.41, 5.74) is 17.4. The van der Waals surface area contributed by atoms with Crippen molar-refractivity contribution in [1.29, 1.82) is 0 Å². The molecule has 0 spiro atoms. The minimum absolute atomic E-state index is 0.244. The van der Waals surface area contributed by atoms with Crippen LogP contribution < -0.4 is 31.5 Å². The van der Waals surface area contributed by atoms with Crippen LogP contribution in [0.3, 0.4) is 0 Å². The van der Waals surface area contributed by atoms with Gasteiger partial charge in [0.05, 0.1) is 24.6 Å². The number of likely N-dealkylation sites (N-methyl/N-ethyl adjacent to an activating group) is 1. The first-order valence-corrected chi connectivity index (χ1v) is 14.9. The van der Waals surface area contributed by atoms with E-state index in [4.69, 9.17) is 20.4 Å². The minimum atomic E-state index is 0.244. The molecule has 3 aliphatic heterocycles. The van der Waals surface area contributed by atoms with Gasteiger partial charge in [-0.25, -0.2) is 15.0 Å². The Labute approximate surface area is 247 Å². The molecular formula is C29H42N12O. The van der Waals surface area contributed by atoms with Crippen LogP contribution in [0.1, 0.15) is 12.0 Å². The molecule has 42 heavy (non-hydrogen) atoms. The van der Waals surface area contributed by atoms with Crippen LogP contribution in [-0.2, 0) is 11.2 Å². The van der Waals surface area contributed by atoms with Crippen molar-refractivity contribution >= 4 is 29.1 Å². The number of hydrazine groups is 2. The van der Waals surface area contributed by atoms with Gasteiger partial charge in [-0.15, -0.1) is 5.53 Å². The average molecular weight is 575 g/mol. The average Bonchev–Trinajstić information content (AvgIpc) is 3.44. The molecule has 0 bridgehead atoms. The van der Waals surface area contributed by atoms with Gasteiger partial charge in [0.25, 0.3) is 0 Å². The van der Waals surface area contributed by atoms with Crippen molar-refractivity contribution < 1.29 is 4.74 Å². The summed E-state index contributed by atoms with van der Waals surface area (Å²) in [6.45, 7) is 10.4. The highest BCUT2D eigenvalue weighted by Crippen LogP contribution is 2.34. The number of benzene rings is 1. The van der Waals surface area contributed by atoms with Gasteiger partial charge < -0.3 is 35.5 Å². The Bertz CT molecular complexity index is 1310. The van der Waals surface area contributed by atoms with E-state index in [0.29, 0.717) is 19.2 Å². The molecule has 0 atom stereocenters. The van der Waals surface area contributed by atoms with E-state index in [1.54, 1.807) is 12.4 Å². The van der Waals surface area contributed by atoms with Crippen LogP contribution in [0.5, 0.6) is 0 Å². The van der Waals surface area contributed by atoms with Crippen molar-refractivity contribution in [2.24, 2.45) is 0 Å². The van der Waals surface area contributed by atoms with Crippen LogP contribution in [-0.4, -0.2) is 116 Å². The fourth-order valence-electron chi connectivity index (χ4n) is 5.62. The smallest absolute Gasteiger partial charge is 0.228 e. The molecule has 0 aliphatic carbocycles. The highest BCUT2D eigenvalue weighted by Gasteiger charge is 2.28. The third kappa shape index (κ3) is 6.65. The number of fused-ring (bicyclic) bond motifs is 1. The summed E-state index contributed by atoms with van der Waals surface area (Å²) < 4.78 is 5.55. The van der Waals surface area contributed by atoms with Crippen LogP contribution >= 0.6 is 0 Å². The summed E-state index contributed by atoms with van der Waals surface area (Å²) in [4.78, 5) is 27.8. The lowest BCUT2D eigenvalue weighted by Crippen LogP contribution is -2.45. The summed E-state index contributed by atoms with van der Waals surface area (Å²) in [6.07, 6.45) is 5.42. The number of nitrogens with one attached hydrogen (secondary N) is 2. The van der Waals surface area contributed by atoms with E-state index >= 15 is 0 Å². The van der Waals surface area contributed by atoms with Crippen LogP contribution in [0.2, 0.25) is 0 Å². The van der Waals surface area contributed by atoms with Crippen LogP contribution in [0.25, 0.3) is 11.3 Å². The molecule has 6 rings (SSSR count). The van der Waals surface area contributed by atoms with Gasteiger partial charge in [-0.2, -0.15) is 4.98 Å². The molecule has 13 heteroatoms. The van der Waals surface area contributed by atoms with E-state index in [1.165, 1.54) is 31.9 Å². The Balaban J connectivity index is 1.09. The highest BCUT2D eigenvalue weighted by atomic mass is 16.5. The quantitative estimate of drug-likeness (QED) is 0.302. The maximum atomic E-state index is 5.75. The lowest BCUT2D eigenvalue weighted by Gasteiger charge is -2.32. The molecule has 2 saturated heterocycles. The van der Waals surface area contributed by atoms with Crippen LogP contribution in [0.4, 0.5) is 29.1 Å². The molecule has 0 radical (unpaired) electrons. The second-order valence-corrected chi connectivity index (χ2v) is 11.2. The fraction of sp³-hybridized carbons (Fsp3) is 0.517. The van der Waals surface area contributed by atoms with Gasteiger partial charge in [0.15, 0.2) is 5.82 Å². The zero-order valence-electron chi connectivity index (χ0n) is 24.7. The molecule has 0 unspecified atom stereocenters.